The van der Waals surface area contributed by atoms with Crippen molar-refractivity contribution in [1.29, 1.82) is 0 Å². The summed E-state index contributed by atoms with van der Waals surface area (Å²) < 4.78 is 12.2. The molecule has 1 aliphatic heterocycles. The molecule has 5 heteroatoms. The van der Waals surface area contributed by atoms with E-state index in [4.69, 9.17) is 4.43 Å². The normalized spacial score (nSPS) is 27.9. The molecule has 32 heavy (non-hydrogen) atoms. The van der Waals surface area contributed by atoms with Crippen molar-refractivity contribution in [2.24, 2.45) is 5.92 Å². The second-order valence-corrected chi connectivity index (χ2v) is 17.3. The van der Waals surface area contributed by atoms with E-state index >= 15 is 0 Å². The number of fused-ring (bicyclic) bond motifs is 2. The zero-order valence-corrected chi connectivity index (χ0v) is 22.3. The molecule has 0 bridgehead atoms. The maximum absolute atomic E-state index is 7.06. The molecule has 1 heterocycles. The molecule has 0 amide bonds. The minimum Gasteiger partial charge on any atom is -0.411 e. The van der Waals surface area contributed by atoms with Crippen molar-refractivity contribution in [2.45, 2.75) is 76.9 Å². The summed E-state index contributed by atoms with van der Waals surface area (Å²) in [4.78, 5) is 0. The van der Waals surface area contributed by atoms with Crippen LogP contribution < -0.4 is 0 Å². The van der Waals surface area contributed by atoms with E-state index in [1.54, 1.807) is 0 Å². The monoisotopic (exact) mass is 464 g/mol. The first kappa shape index (κ1) is 22.2. The summed E-state index contributed by atoms with van der Waals surface area (Å²) in [6.07, 6.45) is 7.09. The van der Waals surface area contributed by atoms with Crippen LogP contribution in [0.2, 0.25) is 18.1 Å². The lowest BCUT2D eigenvalue weighted by molar-refractivity contribution is 0.130. The Morgan fingerprint density at radius 3 is 2.00 bits per heavy atom. The van der Waals surface area contributed by atoms with Gasteiger partial charge in [0, 0.05) is 18.8 Å². The van der Waals surface area contributed by atoms with Crippen molar-refractivity contribution in [1.82, 2.24) is 9.34 Å². The second kappa shape index (κ2) is 8.01. The summed E-state index contributed by atoms with van der Waals surface area (Å²) in [7, 11) is -1.25. The molecule has 3 aliphatic rings. The molecule has 2 aliphatic carbocycles. The van der Waals surface area contributed by atoms with Crippen molar-refractivity contribution in [3.8, 4) is 0 Å². The van der Waals surface area contributed by atoms with Gasteiger partial charge >= 0.3 is 0 Å². The minimum absolute atomic E-state index is 0.213. The van der Waals surface area contributed by atoms with Crippen molar-refractivity contribution in [2.75, 3.05) is 0 Å². The van der Waals surface area contributed by atoms with Crippen LogP contribution in [0.3, 0.4) is 0 Å². The van der Waals surface area contributed by atoms with Gasteiger partial charge in [-0.15, -0.1) is 0 Å². The summed E-state index contributed by atoms with van der Waals surface area (Å²) in [6.45, 7) is 14.2. The van der Waals surface area contributed by atoms with Crippen LogP contribution in [0, 0.1) is 5.92 Å². The van der Waals surface area contributed by atoms with E-state index in [1.807, 2.05) is 0 Å². The van der Waals surface area contributed by atoms with Crippen molar-refractivity contribution in [3.05, 3.63) is 83.2 Å². The SMILES string of the molecule is C[C@H]1Cc2ccccc2[C@@H]1N1C=CN([C@H]2c3ccccc3C[C@@H]2O[Si](C)(C)C(C)(C)C)P1. The molecule has 0 radical (unpaired) electrons. The maximum Gasteiger partial charge on any atom is 0.192 e. The molecule has 1 unspecified atom stereocenters. The zero-order valence-electron chi connectivity index (χ0n) is 20.3. The molecule has 2 aromatic rings. The topological polar surface area (TPSA) is 15.7 Å². The highest BCUT2D eigenvalue weighted by molar-refractivity contribution is 7.33. The van der Waals surface area contributed by atoms with E-state index in [9.17, 15) is 0 Å². The lowest BCUT2D eigenvalue weighted by Crippen LogP contribution is -2.46. The van der Waals surface area contributed by atoms with Crippen molar-refractivity contribution >= 4 is 17.2 Å². The summed E-state index contributed by atoms with van der Waals surface area (Å²) in [6, 6.07) is 18.8. The van der Waals surface area contributed by atoms with Crippen LogP contribution in [-0.2, 0) is 17.3 Å². The lowest BCUT2D eigenvalue weighted by atomic mass is 10.0. The molecule has 0 N–H and O–H groups in total. The fourth-order valence-electron chi connectivity index (χ4n) is 5.38. The molecule has 0 spiro atoms. The maximum atomic E-state index is 7.06. The average Bonchev–Trinajstić information content (AvgIpc) is 3.40. The Bertz CT molecular complexity index is 1030. The Labute approximate surface area is 196 Å². The Kier molecular flexibility index (Phi) is 5.55. The third-order valence-corrected chi connectivity index (χ3v) is 13.9. The van der Waals surface area contributed by atoms with Crippen LogP contribution in [-0.4, -0.2) is 23.8 Å². The number of hydrogen-bond acceptors (Lipinski definition) is 3. The molecule has 0 saturated carbocycles. The van der Waals surface area contributed by atoms with Gasteiger partial charge in [0.1, 0.15) is 0 Å². The van der Waals surface area contributed by atoms with Gasteiger partial charge in [-0.2, -0.15) is 0 Å². The van der Waals surface area contributed by atoms with Crippen molar-refractivity contribution in [3.63, 3.8) is 0 Å². The number of rotatable bonds is 4. The smallest absolute Gasteiger partial charge is 0.192 e. The molecule has 3 nitrogen and oxygen atoms in total. The van der Waals surface area contributed by atoms with E-state index in [0.29, 0.717) is 26.9 Å². The largest absolute Gasteiger partial charge is 0.411 e. The van der Waals surface area contributed by atoms with Crippen LogP contribution in [0.15, 0.2) is 60.9 Å². The molecule has 0 aromatic heterocycles. The first-order valence-electron chi connectivity index (χ1n) is 12.0. The summed E-state index contributed by atoms with van der Waals surface area (Å²) >= 11 is 0. The quantitative estimate of drug-likeness (QED) is 0.351. The van der Waals surface area contributed by atoms with Gasteiger partial charge in [0.15, 0.2) is 8.32 Å². The molecular weight excluding hydrogens is 427 g/mol. The van der Waals surface area contributed by atoms with E-state index in [0.717, 1.165) is 6.42 Å². The van der Waals surface area contributed by atoms with Crippen LogP contribution >= 0.6 is 8.88 Å². The van der Waals surface area contributed by atoms with Gasteiger partial charge in [-0.25, -0.2) is 0 Å². The van der Waals surface area contributed by atoms with Crippen LogP contribution in [0.4, 0.5) is 0 Å². The summed E-state index contributed by atoms with van der Waals surface area (Å²) in [5, 5.41) is 0.213. The van der Waals surface area contributed by atoms with Gasteiger partial charge in [-0.3, -0.25) is 0 Å². The Morgan fingerprint density at radius 2 is 1.38 bits per heavy atom. The predicted octanol–water partition coefficient (Wildman–Crippen LogP) is 7.21. The molecule has 170 valence electrons. The summed E-state index contributed by atoms with van der Waals surface area (Å²) in [5.74, 6) is 0.639. The van der Waals surface area contributed by atoms with Gasteiger partial charge in [0.25, 0.3) is 0 Å². The van der Waals surface area contributed by atoms with Crippen LogP contribution in [0.5, 0.6) is 0 Å². The van der Waals surface area contributed by atoms with E-state index in [1.165, 1.54) is 28.7 Å². The van der Waals surface area contributed by atoms with E-state index in [-0.39, 0.29) is 11.1 Å². The van der Waals surface area contributed by atoms with E-state index < -0.39 is 8.32 Å². The highest BCUT2D eigenvalue weighted by atomic mass is 31.1. The Morgan fingerprint density at radius 1 is 0.844 bits per heavy atom. The first-order valence-corrected chi connectivity index (χ1v) is 15.8. The number of hydrogen-bond donors (Lipinski definition) is 0. The fraction of sp³-hybridized carbons (Fsp3) is 0.481. The predicted molar refractivity (Wildman–Crippen MR) is 138 cm³/mol. The van der Waals surface area contributed by atoms with Crippen molar-refractivity contribution < 1.29 is 4.43 Å². The number of benzene rings is 2. The minimum atomic E-state index is -1.86. The van der Waals surface area contributed by atoms with Gasteiger partial charge < -0.3 is 13.8 Å². The molecule has 5 rings (SSSR count). The average molecular weight is 465 g/mol. The first-order chi connectivity index (χ1) is 15.2. The lowest BCUT2D eigenvalue weighted by Gasteiger charge is -2.41. The Balaban J connectivity index is 1.41. The van der Waals surface area contributed by atoms with Crippen LogP contribution in [0.1, 0.15) is 62.0 Å². The Hall–Kier alpha value is -1.61. The summed E-state index contributed by atoms with van der Waals surface area (Å²) in [5.41, 5.74) is 5.94. The van der Waals surface area contributed by atoms with Gasteiger partial charge in [0.05, 0.1) is 27.1 Å². The number of nitrogens with zero attached hydrogens (tertiary/aromatic N) is 2. The highest BCUT2D eigenvalue weighted by Gasteiger charge is 2.46. The zero-order chi connectivity index (χ0) is 22.7. The van der Waals surface area contributed by atoms with Gasteiger partial charge in [-0.1, -0.05) is 76.2 Å². The molecule has 5 atom stereocenters. The standard InChI is InChI=1S/C27H37N2OPSi/c1-19-17-20-11-7-9-13-22(20)25(19)28-15-16-29(31-28)26-23-14-10-8-12-21(23)18-24(26)30-32(5,6)27(2,3)4/h7-16,19,24-26,31H,17-18H2,1-6H3/t19-,24-,25+,26-/m0/s1. The van der Waals surface area contributed by atoms with Gasteiger partial charge in [0.2, 0.25) is 0 Å². The third-order valence-electron chi connectivity index (χ3n) is 8.07. The molecular formula is C27H37N2OPSi. The second-order valence-electron chi connectivity index (χ2n) is 11.3. The van der Waals surface area contributed by atoms with Gasteiger partial charge in [-0.05, 0) is 52.7 Å². The van der Waals surface area contributed by atoms with E-state index in [2.05, 4.69) is 111 Å². The highest BCUT2D eigenvalue weighted by Crippen LogP contribution is 2.53. The van der Waals surface area contributed by atoms with Crippen LogP contribution in [0.25, 0.3) is 0 Å². The molecule has 0 saturated heterocycles. The molecule has 2 aromatic carbocycles. The fourth-order valence-corrected chi connectivity index (χ4v) is 8.18. The molecule has 0 fully saturated rings. The third kappa shape index (κ3) is 3.75.